The summed E-state index contributed by atoms with van der Waals surface area (Å²) in [5.74, 6) is 5.60. The van der Waals surface area contributed by atoms with Crippen LogP contribution < -0.4 is 5.32 Å². The number of nitrogens with one attached hydrogen (secondary N) is 1. The van der Waals surface area contributed by atoms with Crippen molar-refractivity contribution in [2.75, 3.05) is 13.6 Å². The van der Waals surface area contributed by atoms with Crippen molar-refractivity contribution >= 4 is 11.6 Å². The molecule has 0 aliphatic rings. The molecule has 1 heterocycles. The van der Waals surface area contributed by atoms with Crippen LogP contribution in [0, 0.1) is 11.8 Å². The highest BCUT2D eigenvalue weighted by Gasteiger charge is 1.98. The van der Waals surface area contributed by atoms with Crippen molar-refractivity contribution in [3.8, 4) is 17.6 Å². The van der Waals surface area contributed by atoms with Crippen molar-refractivity contribution in [3.05, 3.63) is 23.0 Å². The lowest BCUT2D eigenvalue weighted by molar-refractivity contribution is 0.473. The molecule has 0 amide bonds. The summed E-state index contributed by atoms with van der Waals surface area (Å²) in [7, 11) is 1.81. The van der Waals surface area contributed by atoms with E-state index in [-0.39, 0.29) is 10.9 Å². The second-order valence-corrected chi connectivity index (χ2v) is 2.70. The predicted molar refractivity (Wildman–Crippen MR) is 51.7 cm³/mol. The van der Waals surface area contributed by atoms with E-state index in [2.05, 4.69) is 22.1 Å². The Hall–Kier alpha value is -1.24. The van der Waals surface area contributed by atoms with Crippen LogP contribution in [0.4, 0.5) is 0 Å². The highest BCUT2D eigenvalue weighted by molar-refractivity contribution is 6.30. The number of nitrogens with zero attached hydrogens (tertiary/aromatic N) is 1. The van der Waals surface area contributed by atoms with Crippen LogP contribution in [0.15, 0.2) is 12.1 Å². The van der Waals surface area contributed by atoms with Gasteiger partial charge in [0.25, 0.3) is 0 Å². The molecule has 1 aromatic heterocycles. The Morgan fingerprint density at radius 2 is 2.38 bits per heavy atom. The van der Waals surface area contributed by atoms with E-state index < -0.39 is 0 Å². The topological polar surface area (TPSA) is 45.1 Å². The number of hydrogen-bond acceptors (Lipinski definition) is 3. The van der Waals surface area contributed by atoms with Gasteiger partial charge in [-0.1, -0.05) is 17.5 Å². The van der Waals surface area contributed by atoms with Crippen LogP contribution in [0.25, 0.3) is 0 Å². The molecule has 0 radical (unpaired) electrons. The molecule has 0 spiro atoms. The van der Waals surface area contributed by atoms with Gasteiger partial charge in [-0.15, -0.1) is 0 Å². The van der Waals surface area contributed by atoms with Crippen LogP contribution in [0.5, 0.6) is 5.75 Å². The van der Waals surface area contributed by atoms with E-state index in [1.54, 1.807) is 6.07 Å². The summed E-state index contributed by atoms with van der Waals surface area (Å²) in [6.45, 7) is 0.597. The second kappa shape index (κ2) is 4.70. The van der Waals surface area contributed by atoms with Gasteiger partial charge in [0.05, 0.1) is 6.54 Å². The maximum atomic E-state index is 9.06. The van der Waals surface area contributed by atoms with E-state index in [4.69, 9.17) is 16.7 Å². The van der Waals surface area contributed by atoms with Gasteiger partial charge in [0.1, 0.15) is 5.69 Å². The van der Waals surface area contributed by atoms with E-state index >= 15 is 0 Å². The summed E-state index contributed by atoms with van der Waals surface area (Å²) >= 11 is 5.58. The molecule has 0 saturated carbocycles. The first-order valence-corrected chi connectivity index (χ1v) is 4.11. The van der Waals surface area contributed by atoms with Crippen molar-refractivity contribution < 1.29 is 5.11 Å². The lowest BCUT2D eigenvalue weighted by atomic mass is 10.3. The Balaban J connectivity index is 2.81. The van der Waals surface area contributed by atoms with E-state index in [1.807, 2.05) is 7.05 Å². The van der Waals surface area contributed by atoms with Crippen LogP contribution in [-0.4, -0.2) is 23.7 Å². The van der Waals surface area contributed by atoms with Crippen LogP contribution >= 0.6 is 11.6 Å². The monoisotopic (exact) mass is 196 g/mol. The maximum absolute atomic E-state index is 9.06. The van der Waals surface area contributed by atoms with Crippen LogP contribution in [0.1, 0.15) is 5.69 Å². The van der Waals surface area contributed by atoms with Gasteiger partial charge in [0.15, 0.2) is 10.9 Å². The fraction of sp³-hybridized carbons (Fsp3) is 0.222. The number of hydrogen-bond donors (Lipinski definition) is 2. The average molecular weight is 197 g/mol. The van der Waals surface area contributed by atoms with Crippen LogP contribution in [-0.2, 0) is 0 Å². The molecule has 0 saturated heterocycles. The fourth-order valence-electron chi connectivity index (χ4n) is 0.720. The zero-order valence-electron chi connectivity index (χ0n) is 7.13. The van der Waals surface area contributed by atoms with Gasteiger partial charge in [0.2, 0.25) is 0 Å². The summed E-state index contributed by atoms with van der Waals surface area (Å²) in [5, 5.41) is 12.0. The van der Waals surface area contributed by atoms with Gasteiger partial charge in [-0.3, -0.25) is 0 Å². The van der Waals surface area contributed by atoms with Crippen molar-refractivity contribution in [3.63, 3.8) is 0 Å². The normalized spacial score (nSPS) is 9.08. The summed E-state index contributed by atoms with van der Waals surface area (Å²) in [6, 6.07) is 3.09. The Labute approximate surface area is 81.8 Å². The molecule has 3 nitrogen and oxygen atoms in total. The Bertz CT molecular complexity index is 354. The van der Waals surface area contributed by atoms with Gasteiger partial charge in [0, 0.05) is 0 Å². The number of aromatic nitrogens is 1. The molecule has 13 heavy (non-hydrogen) atoms. The molecule has 1 aromatic rings. The van der Waals surface area contributed by atoms with Crippen molar-refractivity contribution in [1.82, 2.24) is 10.3 Å². The van der Waals surface area contributed by atoms with Gasteiger partial charge in [-0.25, -0.2) is 4.98 Å². The maximum Gasteiger partial charge on any atom is 0.172 e. The Morgan fingerprint density at radius 3 is 3.00 bits per heavy atom. The molecular weight excluding hydrogens is 188 g/mol. The van der Waals surface area contributed by atoms with Crippen molar-refractivity contribution in [2.45, 2.75) is 0 Å². The zero-order valence-corrected chi connectivity index (χ0v) is 7.89. The molecule has 0 aliphatic heterocycles. The second-order valence-electron chi connectivity index (χ2n) is 2.34. The lowest BCUT2D eigenvalue weighted by Gasteiger charge is -1.94. The smallest absolute Gasteiger partial charge is 0.172 e. The highest BCUT2D eigenvalue weighted by Crippen LogP contribution is 2.19. The van der Waals surface area contributed by atoms with Gasteiger partial charge >= 0.3 is 0 Å². The number of halogens is 1. The minimum absolute atomic E-state index is 0.0270. The van der Waals surface area contributed by atoms with E-state index in [9.17, 15) is 0 Å². The van der Waals surface area contributed by atoms with Crippen molar-refractivity contribution in [1.29, 1.82) is 0 Å². The number of rotatable bonds is 1. The number of pyridine rings is 1. The molecule has 0 unspecified atom stereocenters. The molecule has 1 rings (SSSR count). The third-order valence-electron chi connectivity index (χ3n) is 1.31. The minimum Gasteiger partial charge on any atom is -0.505 e. The largest absolute Gasteiger partial charge is 0.505 e. The average Bonchev–Trinajstić information content (AvgIpc) is 2.12. The number of aromatic hydroxyl groups is 1. The molecule has 4 heteroatoms. The molecule has 2 N–H and O–H groups in total. The summed E-state index contributed by atoms with van der Waals surface area (Å²) in [6.07, 6.45) is 0. The molecule has 0 atom stereocenters. The van der Waals surface area contributed by atoms with E-state index in [1.165, 1.54) is 6.07 Å². The first-order valence-electron chi connectivity index (χ1n) is 3.73. The summed E-state index contributed by atoms with van der Waals surface area (Å²) in [5.41, 5.74) is 0.554. The minimum atomic E-state index is -0.0270. The van der Waals surface area contributed by atoms with Gasteiger partial charge < -0.3 is 10.4 Å². The quantitative estimate of drug-likeness (QED) is 0.521. The molecule has 0 aliphatic carbocycles. The molecule has 0 fully saturated rings. The molecule has 0 aromatic carbocycles. The van der Waals surface area contributed by atoms with E-state index in [0.29, 0.717) is 12.2 Å². The Morgan fingerprint density at radius 1 is 1.62 bits per heavy atom. The lowest BCUT2D eigenvalue weighted by Crippen LogP contribution is -2.04. The van der Waals surface area contributed by atoms with Crippen LogP contribution in [0.3, 0.4) is 0 Å². The molecule has 0 bridgehead atoms. The van der Waals surface area contributed by atoms with Gasteiger partial charge in [-0.2, -0.15) is 0 Å². The third kappa shape index (κ3) is 2.94. The highest BCUT2D eigenvalue weighted by atomic mass is 35.5. The van der Waals surface area contributed by atoms with Gasteiger partial charge in [-0.05, 0) is 25.1 Å². The van der Waals surface area contributed by atoms with E-state index in [0.717, 1.165) is 0 Å². The van der Waals surface area contributed by atoms with Crippen molar-refractivity contribution in [2.24, 2.45) is 0 Å². The molecule has 68 valence electrons. The fourth-order valence-corrected chi connectivity index (χ4v) is 0.874. The SMILES string of the molecule is CNCC#Cc1ccc(O)c(Cl)n1. The first kappa shape index (κ1) is 9.85. The standard InChI is InChI=1S/C9H9ClN2O/c1-11-6-2-3-7-4-5-8(13)9(10)12-7/h4-5,11,13H,6H2,1H3. The Kier molecular flexibility index (Phi) is 3.56. The summed E-state index contributed by atoms with van der Waals surface area (Å²) < 4.78 is 0. The molecular formula is C9H9ClN2O. The van der Waals surface area contributed by atoms with Crippen LogP contribution in [0.2, 0.25) is 5.15 Å². The zero-order chi connectivity index (χ0) is 9.68. The predicted octanol–water partition coefficient (Wildman–Crippen LogP) is 1.01. The first-order chi connectivity index (χ1) is 6.24. The third-order valence-corrected chi connectivity index (χ3v) is 1.59. The summed E-state index contributed by atoms with van der Waals surface area (Å²) in [4.78, 5) is 3.86.